The molecule has 1 heterocycles. The number of carbonyl (C=O) groups excluding carboxylic acids is 1. The van der Waals surface area contributed by atoms with Crippen molar-refractivity contribution in [3.63, 3.8) is 0 Å². The van der Waals surface area contributed by atoms with Crippen molar-refractivity contribution in [2.24, 2.45) is 11.0 Å². The number of nitrogens with zero attached hydrogens (tertiary/aromatic N) is 1. The lowest BCUT2D eigenvalue weighted by molar-refractivity contribution is -0.130. The van der Waals surface area contributed by atoms with Gasteiger partial charge in [-0.05, 0) is 48.2 Å². The van der Waals surface area contributed by atoms with Gasteiger partial charge in [-0.15, -0.1) is 0 Å². The van der Waals surface area contributed by atoms with Crippen molar-refractivity contribution in [1.82, 2.24) is 5.43 Å². The first-order valence-electron chi connectivity index (χ1n) is 9.59. The van der Waals surface area contributed by atoms with Gasteiger partial charge < -0.3 is 18.9 Å². The maximum atomic E-state index is 12.3. The van der Waals surface area contributed by atoms with Gasteiger partial charge in [-0.2, -0.15) is 5.10 Å². The maximum Gasteiger partial charge on any atom is 0.284 e. The highest BCUT2D eigenvalue weighted by atomic mass is 16.6. The molecule has 1 aliphatic heterocycles. The Morgan fingerprint density at radius 2 is 2.03 bits per heavy atom. The molecule has 7 heteroatoms. The summed E-state index contributed by atoms with van der Waals surface area (Å²) in [6, 6.07) is 12.7. The number of hydrogen-bond acceptors (Lipinski definition) is 6. The molecule has 154 valence electrons. The van der Waals surface area contributed by atoms with E-state index >= 15 is 0 Å². The molecule has 1 atom stereocenters. The number of methoxy groups -OCH3 is 1. The van der Waals surface area contributed by atoms with E-state index in [2.05, 4.69) is 24.4 Å². The van der Waals surface area contributed by atoms with Crippen LogP contribution in [0.1, 0.15) is 25.8 Å². The summed E-state index contributed by atoms with van der Waals surface area (Å²) in [5.41, 5.74) is 3.25. The van der Waals surface area contributed by atoms with Crippen molar-refractivity contribution in [2.45, 2.75) is 26.4 Å². The van der Waals surface area contributed by atoms with Gasteiger partial charge in [0.05, 0.1) is 19.9 Å². The van der Waals surface area contributed by atoms with E-state index in [0.717, 1.165) is 12.0 Å². The van der Waals surface area contributed by atoms with Gasteiger partial charge in [-0.1, -0.05) is 26.0 Å². The minimum absolute atomic E-state index is 0.134. The molecular formula is C22H26N2O5. The molecule has 1 aliphatic rings. The van der Waals surface area contributed by atoms with E-state index < -0.39 is 6.10 Å². The Bertz CT molecular complexity index is 866. The van der Waals surface area contributed by atoms with Crippen LogP contribution in [0.5, 0.6) is 23.0 Å². The molecule has 29 heavy (non-hydrogen) atoms. The smallest absolute Gasteiger partial charge is 0.284 e. The SMILES string of the molecule is COc1cc(/C=N\NC(=O)[C@H]2COc3ccccc3O2)ccc1OCCC(C)C. The first-order chi connectivity index (χ1) is 14.1. The van der Waals surface area contributed by atoms with Gasteiger partial charge in [0, 0.05) is 0 Å². The lowest BCUT2D eigenvalue weighted by Gasteiger charge is -2.24. The zero-order chi connectivity index (χ0) is 20.6. The van der Waals surface area contributed by atoms with Gasteiger partial charge in [0.2, 0.25) is 6.10 Å². The van der Waals surface area contributed by atoms with E-state index in [1.807, 2.05) is 24.3 Å². The molecule has 0 bridgehead atoms. The third-order valence-corrected chi connectivity index (χ3v) is 4.33. The van der Waals surface area contributed by atoms with Crippen LogP contribution in [0.4, 0.5) is 0 Å². The van der Waals surface area contributed by atoms with E-state index in [1.54, 1.807) is 25.3 Å². The summed E-state index contributed by atoms with van der Waals surface area (Å²) in [5.74, 6) is 2.66. The highest BCUT2D eigenvalue weighted by molar-refractivity contribution is 5.85. The summed E-state index contributed by atoms with van der Waals surface area (Å²) in [7, 11) is 1.59. The number of benzene rings is 2. The quantitative estimate of drug-likeness (QED) is 0.545. The Hall–Kier alpha value is -3.22. The number of fused-ring (bicyclic) bond motifs is 1. The second-order valence-electron chi connectivity index (χ2n) is 7.04. The van der Waals surface area contributed by atoms with Crippen LogP contribution in [0.3, 0.4) is 0 Å². The molecule has 0 unspecified atom stereocenters. The normalized spacial score (nSPS) is 15.4. The zero-order valence-electron chi connectivity index (χ0n) is 16.9. The van der Waals surface area contributed by atoms with Gasteiger partial charge in [-0.3, -0.25) is 4.79 Å². The topological polar surface area (TPSA) is 78.4 Å². The fourth-order valence-corrected chi connectivity index (χ4v) is 2.68. The van der Waals surface area contributed by atoms with E-state index in [1.165, 1.54) is 6.21 Å². The van der Waals surface area contributed by atoms with Crippen LogP contribution in [0.25, 0.3) is 0 Å². The summed E-state index contributed by atoms with van der Waals surface area (Å²) < 4.78 is 22.4. The van der Waals surface area contributed by atoms with Crippen molar-refractivity contribution in [2.75, 3.05) is 20.3 Å². The Balaban J connectivity index is 1.55. The summed E-state index contributed by atoms with van der Waals surface area (Å²) in [5, 5.41) is 4.01. The fourth-order valence-electron chi connectivity index (χ4n) is 2.68. The monoisotopic (exact) mass is 398 g/mol. The average molecular weight is 398 g/mol. The number of amides is 1. The predicted octanol–water partition coefficient (Wildman–Crippen LogP) is 3.41. The maximum absolute atomic E-state index is 12.3. The van der Waals surface area contributed by atoms with Crippen molar-refractivity contribution in [3.05, 3.63) is 48.0 Å². The predicted molar refractivity (Wildman–Crippen MR) is 110 cm³/mol. The summed E-state index contributed by atoms with van der Waals surface area (Å²) in [6.45, 7) is 5.06. The number of para-hydroxylation sites is 2. The van der Waals surface area contributed by atoms with E-state index in [-0.39, 0.29) is 12.5 Å². The van der Waals surface area contributed by atoms with Crippen LogP contribution < -0.4 is 24.4 Å². The molecule has 0 aromatic heterocycles. The second-order valence-corrected chi connectivity index (χ2v) is 7.04. The number of carbonyl (C=O) groups is 1. The Morgan fingerprint density at radius 3 is 2.79 bits per heavy atom. The van der Waals surface area contributed by atoms with Gasteiger partial charge in [0.15, 0.2) is 23.0 Å². The molecule has 2 aromatic rings. The van der Waals surface area contributed by atoms with Gasteiger partial charge in [0.25, 0.3) is 5.91 Å². The Morgan fingerprint density at radius 1 is 1.24 bits per heavy atom. The van der Waals surface area contributed by atoms with Crippen molar-refractivity contribution >= 4 is 12.1 Å². The molecule has 3 rings (SSSR count). The standard InChI is InChI=1S/C22H26N2O5/c1-15(2)10-11-27-18-9-8-16(12-20(18)26-3)13-23-24-22(25)21-14-28-17-6-4-5-7-19(17)29-21/h4-9,12-13,15,21H,10-11,14H2,1-3H3,(H,24,25)/b23-13-/t21-/m1/s1. The Labute approximate surface area is 170 Å². The number of ether oxygens (including phenoxy) is 4. The van der Waals surface area contributed by atoms with Crippen molar-refractivity contribution in [3.8, 4) is 23.0 Å². The zero-order valence-corrected chi connectivity index (χ0v) is 16.9. The third-order valence-electron chi connectivity index (χ3n) is 4.33. The van der Waals surface area contributed by atoms with Crippen LogP contribution in [0.2, 0.25) is 0 Å². The number of nitrogens with one attached hydrogen (secondary N) is 1. The van der Waals surface area contributed by atoms with Gasteiger partial charge >= 0.3 is 0 Å². The minimum atomic E-state index is -0.756. The lowest BCUT2D eigenvalue weighted by Crippen LogP contribution is -2.42. The molecule has 0 saturated carbocycles. The molecule has 0 radical (unpaired) electrons. The summed E-state index contributed by atoms with van der Waals surface area (Å²) in [6.07, 6.45) is 1.75. The molecule has 0 aliphatic carbocycles. The molecule has 0 fully saturated rings. The van der Waals surface area contributed by atoms with Gasteiger partial charge in [-0.25, -0.2) is 5.43 Å². The van der Waals surface area contributed by atoms with Crippen LogP contribution in [0.15, 0.2) is 47.6 Å². The molecular weight excluding hydrogens is 372 g/mol. The molecule has 0 saturated heterocycles. The van der Waals surface area contributed by atoms with Crippen LogP contribution in [-0.2, 0) is 4.79 Å². The van der Waals surface area contributed by atoms with E-state index in [0.29, 0.717) is 35.5 Å². The number of hydrazone groups is 1. The van der Waals surface area contributed by atoms with Crippen molar-refractivity contribution in [1.29, 1.82) is 0 Å². The van der Waals surface area contributed by atoms with E-state index in [4.69, 9.17) is 18.9 Å². The number of hydrogen-bond donors (Lipinski definition) is 1. The van der Waals surface area contributed by atoms with Crippen LogP contribution in [-0.4, -0.2) is 38.5 Å². The lowest BCUT2D eigenvalue weighted by atomic mass is 10.1. The highest BCUT2D eigenvalue weighted by Gasteiger charge is 2.26. The minimum Gasteiger partial charge on any atom is -0.493 e. The Kier molecular flexibility index (Phi) is 6.94. The summed E-state index contributed by atoms with van der Waals surface area (Å²) in [4.78, 5) is 12.3. The van der Waals surface area contributed by atoms with Crippen LogP contribution >= 0.6 is 0 Å². The van der Waals surface area contributed by atoms with Gasteiger partial charge in [0.1, 0.15) is 6.61 Å². The average Bonchev–Trinajstić information content (AvgIpc) is 2.73. The first-order valence-corrected chi connectivity index (χ1v) is 9.59. The highest BCUT2D eigenvalue weighted by Crippen LogP contribution is 2.31. The molecule has 2 aromatic carbocycles. The number of rotatable bonds is 8. The third kappa shape index (κ3) is 5.63. The fraction of sp³-hybridized carbons (Fsp3) is 0.364. The summed E-state index contributed by atoms with van der Waals surface area (Å²) >= 11 is 0. The van der Waals surface area contributed by atoms with Crippen molar-refractivity contribution < 1.29 is 23.7 Å². The first kappa shape index (κ1) is 20.5. The van der Waals surface area contributed by atoms with E-state index in [9.17, 15) is 4.79 Å². The molecule has 7 nitrogen and oxygen atoms in total. The molecule has 0 spiro atoms. The second kappa shape index (κ2) is 9.82. The largest absolute Gasteiger partial charge is 0.493 e. The molecule has 1 N–H and O–H groups in total. The molecule has 1 amide bonds. The van der Waals surface area contributed by atoms with Crippen LogP contribution in [0, 0.1) is 5.92 Å².